The number of hydrogen-bond donors (Lipinski definition) is 2. The lowest BCUT2D eigenvalue weighted by Crippen LogP contribution is -2.19. The third kappa shape index (κ3) is 6.15. The molecule has 0 fully saturated rings. The summed E-state index contributed by atoms with van der Waals surface area (Å²) in [4.78, 5) is 0.898. The Morgan fingerprint density at radius 1 is 1.32 bits per heavy atom. The molecule has 19 heavy (non-hydrogen) atoms. The van der Waals surface area contributed by atoms with E-state index in [-0.39, 0.29) is 0 Å². The van der Waals surface area contributed by atoms with Gasteiger partial charge >= 0.3 is 0 Å². The molecule has 0 saturated heterocycles. The Bertz CT molecular complexity index is 376. The lowest BCUT2D eigenvalue weighted by molar-refractivity contribution is 0.0218. The van der Waals surface area contributed by atoms with Crippen LogP contribution in [-0.4, -0.2) is 51.0 Å². The topological polar surface area (TPSA) is 73.9 Å². The van der Waals surface area contributed by atoms with Gasteiger partial charge in [0.05, 0.1) is 33.0 Å². The first-order chi connectivity index (χ1) is 9.17. The van der Waals surface area contributed by atoms with Gasteiger partial charge in [0.2, 0.25) is 0 Å². The molecule has 1 aromatic rings. The van der Waals surface area contributed by atoms with Crippen molar-refractivity contribution in [3.05, 3.63) is 18.2 Å². The van der Waals surface area contributed by atoms with Crippen LogP contribution in [0, 0.1) is 0 Å². The van der Waals surface area contributed by atoms with Crippen LogP contribution >= 0.6 is 11.8 Å². The van der Waals surface area contributed by atoms with E-state index < -0.39 is 6.10 Å². The molecule has 1 rings (SSSR count). The fourth-order valence-electron chi connectivity index (χ4n) is 1.36. The zero-order valence-corrected chi connectivity index (χ0v) is 12.1. The third-order valence-corrected chi connectivity index (χ3v) is 3.61. The summed E-state index contributed by atoms with van der Waals surface area (Å²) in [5.41, 5.74) is 6.54. The molecule has 5 nitrogen and oxygen atoms in total. The molecule has 0 aliphatic carbocycles. The number of thioether (sulfide) groups is 1. The minimum Gasteiger partial charge on any atom is -0.497 e. The van der Waals surface area contributed by atoms with Crippen LogP contribution < -0.4 is 10.5 Å². The van der Waals surface area contributed by atoms with E-state index >= 15 is 0 Å². The van der Waals surface area contributed by atoms with Crippen LogP contribution in [0.1, 0.15) is 0 Å². The summed E-state index contributed by atoms with van der Waals surface area (Å²) in [6, 6.07) is 5.46. The summed E-state index contributed by atoms with van der Waals surface area (Å²) < 4.78 is 15.2. The average molecular weight is 287 g/mol. The number of aliphatic hydroxyl groups excluding tert-OH is 1. The number of anilines is 1. The second-order valence-corrected chi connectivity index (χ2v) is 5.00. The zero-order chi connectivity index (χ0) is 14.1. The maximum Gasteiger partial charge on any atom is 0.120 e. The lowest BCUT2D eigenvalue weighted by atomic mass is 10.3. The van der Waals surface area contributed by atoms with Gasteiger partial charge < -0.3 is 25.1 Å². The van der Waals surface area contributed by atoms with Crippen molar-refractivity contribution in [2.24, 2.45) is 0 Å². The van der Waals surface area contributed by atoms with E-state index in [1.807, 2.05) is 12.1 Å². The molecule has 0 radical (unpaired) electrons. The summed E-state index contributed by atoms with van der Waals surface area (Å²) in [5, 5.41) is 9.77. The highest BCUT2D eigenvalue weighted by atomic mass is 32.2. The van der Waals surface area contributed by atoms with Crippen LogP contribution in [-0.2, 0) is 9.47 Å². The monoisotopic (exact) mass is 287 g/mol. The van der Waals surface area contributed by atoms with E-state index in [4.69, 9.17) is 19.9 Å². The normalized spacial score (nSPS) is 12.4. The Morgan fingerprint density at radius 2 is 2.11 bits per heavy atom. The Balaban J connectivity index is 2.34. The maximum absolute atomic E-state index is 9.77. The summed E-state index contributed by atoms with van der Waals surface area (Å²) in [5.74, 6) is 1.27. The van der Waals surface area contributed by atoms with Gasteiger partial charge in [-0.1, -0.05) is 0 Å². The van der Waals surface area contributed by atoms with Gasteiger partial charge in [-0.3, -0.25) is 0 Å². The van der Waals surface area contributed by atoms with Crippen molar-refractivity contribution in [3.8, 4) is 5.75 Å². The Kier molecular flexibility index (Phi) is 7.66. The summed E-state index contributed by atoms with van der Waals surface area (Å²) in [6.07, 6.45) is -0.535. The number of benzene rings is 1. The first-order valence-corrected chi connectivity index (χ1v) is 6.97. The van der Waals surface area contributed by atoms with E-state index in [9.17, 15) is 5.11 Å². The van der Waals surface area contributed by atoms with E-state index in [0.29, 0.717) is 31.3 Å². The predicted octanol–water partition coefficient (Wildman–Crippen LogP) is 1.39. The molecule has 1 aromatic carbocycles. The summed E-state index contributed by atoms with van der Waals surface area (Å²) in [7, 11) is 3.22. The van der Waals surface area contributed by atoms with Gasteiger partial charge in [0.15, 0.2) is 0 Å². The highest BCUT2D eigenvalue weighted by Crippen LogP contribution is 2.29. The van der Waals surface area contributed by atoms with Gasteiger partial charge in [-0.15, -0.1) is 11.8 Å². The molecule has 0 saturated carbocycles. The predicted molar refractivity (Wildman–Crippen MR) is 76.8 cm³/mol. The molecule has 3 N–H and O–H groups in total. The standard InChI is InChI=1S/C13H21NO4S/c1-16-5-6-18-8-10(15)9-19-13-7-11(17-2)3-4-12(13)14/h3-4,7,10,15H,5-6,8-9,14H2,1-2H3. The number of methoxy groups -OCH3 is 2. The molecular formula is C13H21NO4S. The Labute approximate surface area is 118 Å². The van der Waals surface area contributed by atoms with E-state index in [0.717, 1.165) is 10.6 Å². The smallest absolute Gasteiger partial charge is 0.120 e. The molecule has 0 aliphatic rings. The van der Waals surface area contributed by atoms with Crippen LogP contribution in [0.5, 0.6) is 5.75 Å². The fourth-order valence-corrected chi connectivity index (χ4v) is 2.26. The summed E-state index contributed by atoms with van der Waals surface area (Å²) in [6.45, 7) is 1.31. The molecule has 108 valence electrons. The second kappa shape index (κ2) is 9.03. The second-order valence-electron chi connectivity index (χ2n) is 3.94. The molecule has 0 aliphatic heterocycles. The fraction of sp³-hybridized carbons (Fsp3) is 0.538. The van der Waals surface area contributed by atoms with Crippen LogP contribution in [0.3, 0.4) is 0 Å². The molecular weight excluding hydrogens is 266 g/mol. The third-order valence-electron chi connectivity index (χ3n) is 2.39. The lowest BCUT2D eigenvalue weighted by Gasteiger charge is -2.12. The van der Waals surface area contributed by atoms with Crippen molar-refractivity contribution in [1.29, 1.82) is 0 Å². The van der Waals surface area contributed by atoms with Crippen molar-refractivity contribution in [2.75, 3.05) is 45.5 Å². The molecule has 1 atom stereocenters. The highest BCUT2D eigenvalue weighted by molar-refractivity contribution is 7.99. The number of nitrogen functional groups attached to an aromatic ring is 1. The van der Waals surface area contributed by atoms with Crippen molar-refractivity contribution in [2.45, 2.75) is 11.0 Å². The first-order valence-electron chi connectivity index (χ1n) is 5.98. The highest BCUT2D eigenvalue weighted by Gasteiger charge is 2.08. The van der Waals surface area contributed by atoms with E-state index in [2.05, 4.69) is 0 Å². The number of aliphatic hydroxyl groups is 1. The van der Waals surface area contributed by atoms with Gasteiger partial charge in [0.1, 0.15) is 5.75 Å². The maximum atomic E-state index is 9.77. The number of rotatable bonds is 9. The minimum atomic E-state index is -0.535. The molecule has 1 unspecified atom stereocenters. The molecule has 0 amide bonds. The minimum absolute atomic E-state index is 0.292. The first kappa shape index (κ1) is 16.1. The van der Waals surface area contributed by atoms with Crippen LogP contribution in [0.15, 0.2) is 23.1 Å². The zero-order valence-electron chi connectivity index (χ0n) is 11.3. The van der Waals surface area contributed by atoms with Crippen LogP contribution in [0.2, 0.25) is 0 Å². The van der Waals surface area contributed by atoms with Gasteiger partial charge in [0, 0.05) is 23.4 Å². The van der Waals surface area contributed by atoms with Crippen molar-refractivity contribution >= 4 is 17.4 Å². The number of ether oxygens (including phenoxy) is 3. The van der Waals surface area contributed by atoms with Gasteiger partial charge in [0.25, 0.3) is 0 Å². The van der Waals surface area contributed by atoms with Gasteiger partial charge in [-0.25, -0.2) is 0 Å². The van der Waals surface area contributed by atoms with Crippen molar-refractivity contribution in [3.63, 3.8) is 0 Å². The molecule has 0 heterocycles. The largest absolute Gasteiger partial charge is 0.497 e. The number of nitrogens with two attached hydrogens (primary N) is 1. The van der Waals surface area contributed by atoms with E-state index in [1.54, 1.807) is 20.3 Å². The Morgan fingerprint density at radius 3 is 2.79 bits per heavy atom. The molecule has 0 spiro atoms. The average Bonchev–Trinajstić information content (AvgIpc) is 2.43. The van der Waals surface area contributed by atoms with Crippen molar-refractivity contribution < 1.29 is 19.3 Å². The van der Waals surface area contributed by atoms with Crippen molar-refractivity contribution in [1.82, 2.24) is 0 Å². The van der Waals surface area contributed by atoms with E-state index in [1.165, 1.54) is 11.8 Å². The van der Waals surface area contributed by atoms with Crippen LogP contribution in [0.4, 0.5) is 5.69 Å². The molecule has 0 bridgehead atoms. The number of hydrogen-bond acceptors (Lipinski definition) is 6. The quantitative estimate of drug-likeness (QED) is 0.406. The van der Waals surface area contributed by atoms with Gasteiger partial charge in [-0.05, 0) is 18.2 Å². The summed E-state index contributed by atoms with van der Waals surface area (Å²) >= 11 is 1.48. The van der Waals surface area contributed by atoms with Crippen LogP contribution in [0.25, 0.3) is 0 Å². The van der Waals surface area contributed by atoms with Gasteiger partial charge in [-0.2, -0.15) is 0 Å². The molecule has 6 heteroatoms. The molecule has 0 aromatic heterocycles. The SMILES string of the molecule is COCCOCC(O)CSc1cc(OC)ccc1N. The Hall–Kier alpha value is -0.950.